The fourth-order valence-electron chi connectivity index (χ4n) is 4.07. The second-order valence-corrected chi connectivity index (χ2v) is 7.95. The summed E-state index contributed by atoms with van der Waals surface area (Å²) in [7, 11) is 6.76. The Hall–Kier alpha value is -3.72. The van der Waals surface area contributed by atoms with Crippen LogP contribution in [-0.2, 0) is 9.59 Å². The predicted octanol–water partition coefficient (Wildman–Crippen LogP) is 2.42. The Morgan fingerprint density at radius 3 is 2.58 bits per heavy atom. The summed E-state index contributed by atoms with van der Waals surface area (Å²) in [6, 6.07) is 9.24. The predicted molar refractivity (Wildman–Crippen MR) is 120 cm³/mol. The van der Waals surface area contributed by atoms with Crippen molar-refractivity contribution in [3.63, 3.8) is 0 Å². The largest absolute Gasteiger partial charge is 0.507 e. The number of para-hydroxylation sites is 1. The number of ketones is 1. The van der Waals surface area contributed by atoms with Crippen LogP contribution in [0.15, 0.2) is 42.0 Å². The molecule has 2 aliphatic heterocycles. The van der Waals surface area contributed by atoms with Gasteiger partial charge in [-0.1, -0.05) is 12.1 Å². The molecule has 4 rings (SSSR count). The van der Waals surface area contributed by atoms with Gasteiger partial charge in [0, 0.05) is 24.2 Å². The van der Waals surface area contributed by atoms with Gasteiger partial charge < -0.3 is 33.9 Å². The number of methoxy groups -OCH3 is 2. The first-order chi connectivity index (χ1) is 15.9. The van der Waals surface area contributed by atoms with Gasteiger partial charge in [-0.25, -0.2) is 0 Å². The molecule has 1 saturated heterocycles. The lowest BCUT2D eigenvalue weighted by Crippen LogP contribution is -2.35. The first kappa shape index (κ1) is 22.5. The number of Topliss-reactive ketones (excluding diaryl/α,β-unsaturated/α-hetero) is 1. The van der Waals surface area contributed by atoms with E-state index in [1.807, 2.05) is 19.0 Å². The highest BCUT2D eigenvalue weighted by Crippen LogP contribution is 2.46. The van der Waals surface area contributed by atoms with E-state index in [1.165, 1.54) is 19.1 Å². The second kappa shape index (κ2) is 9.03. The van der Waals surface area contributed by atoms with E-state index in [2.05, 4.69) is 0 Å². The maximum atomic E-state index is 13.2. The number of hydrogen-bond donors (Lipinski definition) is 1. The van der Waals surface area contributed by atoms with Gasteiger partial charge in [0.25, 0.3) is 11.7 Å². The van der Waals surface area contributed by atoms with E-state index >= 15 is 0 Å². The van der Waals surface area contributed by atoms with Crippen LogP contribution in [0, 0.1) is 0 Å². The SMILES string of the molecule is COc1cccc([C@H]2C(=C(O)c3ccc4c(c3)OCO4)C(=O)C(=O)N2CCN(C)C)c1OC. The first-order valence-corrected chi connectivity index (χ1v) is 10.4. The van der Waals surface area contributed by atoms with E-state index in [-0.39, 0.29) is 24.7 Å². The van der Waals surface area contributed by atoms with E-state index in [0.717, 1.165) is 0 Å². The fourth-order valence-corrected chi connectivity index (χ4v) is 4.07. The van der Waals surface area contributed by atoms with Crippen molar-refractivity contribution >= 4 is 17.4 Å². The third-order valence-corrected chi connectivity index (χ3v) is 5.70. The van der Waals surface area contributed by atoms with Crippen LogP contribution in [0.4, 0.5) is 0 Å². The number of nitrogens with zero attached hydrogens (tertiary/aromatic N) is 2. The number of fused-ring (bicyclic) bond motifs is 1. The molecule has 1 N–H and O–H groups in total. The number of carbonyl (C=O) groups excluding carboxylic acids is 2. The van der Waals surface area contributed by atoms with Gasteiger partial charge in [-0.15, -0.1) is 0 Å². The number of hydrogen-bond acceptors (Lipinski definition) is 8. The van der Waals surface area contributed by atoms with Crippen LogP contribution in [0.2, 0.25) is 0 Å². The average molecular weight is 454 g/mol. The summed E-state index contributed by atoms with van der Waals surface area (Å²) in [5.41, 5.74) is 0.859. The highest BCUT2D eigenvalue weighted by Gasteiger charge is 2.47. The lowest BCUT2D eigenvalue weighted by Gasteiger charge is -2.28. The molecule has 2 aliphatic rings. The molecule has 0 radical (unpaired) electrons. The number of likely N-dealkylation sites (N-methyl/N-ethyl adjacent to an activating group) is 1. The first-order valence-electron chi connectivity index (χ1n) is 10.4. The van der Waals surface area contributed by atoms with Gasteiger partial charge in [0.2, 0.25) is 6.79 Å². The molecule has 1 amide bonds. The third kappa shape index (κ3) is 3.95. The summed E-state index contributed by atoms with van der Waals surface area (Å²) in [5, 5.41) is 11.3. The van der Waals surface area contributed by atoms with Crippen LogP contribution in [-0.4, -0.2) is 74.8 Å². The molecule has 2 heterocycles. The minimum Gasteiger partial charge on any atom is -0.507 e. The van der Waals surface area contributed by atoms with Crippen LogP contribution < -0.4 is 18.9 Å². The van der Waals surface area contributed by atoms with Crippen molar-refractivity contribution in [2.24, 2.45) is 0 Å². The normalized spacial score (nSPS) is 18.8. The molecule has 0 aromatic heterocycles. The Kier molecular flexibility index (Phi) is 6.15. The number of amides is 1. The molecule has 9 heteroatoms. The fraction of sp³-hybridized carbons (Fsp3) is 0.333. The molecule has 0 unspecified atom stereocenters. The quantitative estimate of drug-likeness (QED) is 0.387. The molecule has 174 valence electrons. The molecule has 0 bridgehead atoms. The number of likely N-dealkylation sites (tertiary alicyclic amines) is 1. The topological polar surface area (TPSA) is 97.8 Å². The smallest absolute Gasteiger partial charge is 0.295 e. The Morgan fingerprint density at radius 2 is 1.88 bits per heavy atom. The van der Waals surface area contributed by atoms with Crippen molar-refractivity contribution in [1.82, 2.24) is 9.80 Å². The molecule has 0 aliphatic carbocycles. The number of aliphatic hydroxyl groups is 1. The Morgan fingerprint density at radius 1 is 1.12 bits per heavy atom. The van der Waals surface area contributed by atoms with Crippen molar-refractivity contribution in [2.75, 3.05) is 48.2 Å². The van der Waals surface area contributed by atoms with Gasteiger partial charge in [-0.05, 0) is 38.4 Å². The van der Waals surface area contributed by atoms with Gasteiger partial charge >= 0.3 is 0 Å². The Balaban J connectivity index is 1.90. The van der Waals surface area contributed by atoms with Crippen LogP contribution in [0.25, 0.3) is 5.76 Å². The monoisotopic (exact) mass is 454 g/mol. The van der Waals surface area contributed by atoms with Gasteiger partial charge in [0.15, 0.2) is 23.0 Å². The third-order valence-electron chi connectivity index (χ3n) is 5.70. The molecule has 1 fully saturated rings. The van der Waals surface area contributed by atoms with E-state index < -0.39 is 17.7 Å². The van der Waals surface area contributed by atoms with Crippen molar-refractivity contribution in [2.45, 2.75) is 6.04 Å². The highest BCUT2D eigenvalue weighted by molar-refractivity contribution is 6.46. The Bertz CT molecular complexity index is 1130. The van der Waals surface area contributed by atoms with Crippen LogP contribution in [0.3, 0.4) is 0 Å². The molecule has 0 spiro atoms. The summed E-state index contributed by atoms with van der Waals surface area (Å²) >= 11 is 0. The zero-order chi connectivity index (χ0) is 23.7. The van der Waals surface area contributed by atoms with E-state index in [9.17, 15) is 14.7 Å². The summed E-state index contributed by atoms with van der Waals surface area (Å²) < 4.78 is 21.8. The van der Waals surface area contributed by atoms with Gasteiger partial charge in [-0.2, -0.15) is 0 Å². The molecule has 33 heavy (non-hydrogen) atoms. The van der Waals surface area contributed by atoms with Crippen molar-refractivity contribution in [3.8, 4) is 23.0 Å². The molecule has 1 atom stereocenters. The van der Waals surface area contributed by atoms with E-state index in [4.69, 9.17) is 18.9 Å². The summed E-state index contributed by atoms with van der Waals surface area (Å²) in [6.45, 7) is 0.885. The molecule has 2 aromatic carbocycles. The maximum absolute atomic E-state index is 13.2. The average Bonchev–Trinajstić information content (AvgIpc) is 3.38. The number of benzene rings is 2. The number of aliphatic hydroxyl groups excluding tert-OH is 1. The zero-order valence-electron chi connectivity index (χ0n) is 19.0. The van der Waals surface area contributed by atoms with Crippen molar-refractivity contribution < 1.29 is 33.6 Å². The van der Waals surface area contributed by atoms with Crippen LogP contribution in [0.1, 0.15) is 17.2 Å². The maximum Gasteiger partial charge on any atom is 0.295 e. The lowest BCUT2D eigenvalue weighted by atomic mass is 9.94. The Labute approximate surface area is 191 Å². The van der Waals surface area contributed by atoms with E-state index in [1.54, 1.807) is 36.4 Å². The second-order valence-electron chi connectivity index (χ2n) is 7.95. The summed E-state index contributed by atoms with van der Waals surface area (Å²) in [5.74, 6) is 0.0942. The van der Waals surface area contributed by atoms with Gasteiger partial charge in [0.1, 0.15) is 5.76 Å². The summed E-state index contributed by atoms with van der Waals surface area (Å²) in [6.07, 6.45) is 0. The highest BCUT2D eigenvalue weighted by atomic mass is 16.7. The molecule has 9 nitrogen and oxygen atoms in total. The van der Waals surface area contributed by atoms with Crippen LogP contribution >= 0.6 is 0 Å². The molecule has 0 saturated carbocycles. The molecule has 2 aromatic rings. The summed E-state index contributed by atoms with van der Waals surface area (Å²) in [4.78, 5) is 29.7. The minimum atomic E-state index is -0.861. The molecular weight excluding hydrogens is 428 g/mol. The van der Waals surface area contributed by atoms with Gasteiger partial charge in [-0.3, -0.25) is 9.59 Å². The molecular formula is C24H26N2O7. The minimum absolute atomic E-state index is 0.0239. The van der Waals surface area contributed by atoms with Gasteiger partial charge in [0.05, 0.1) is 25.8 Å². The van der Waals surface area contributed by atoms with Crippen molar-refractivity contribution in [3.05, 3.63) is 53.1 Å². The van der Waals surface area contributed by atoms with Crippen LogP contribution in [0.5, 0.6) is 23.0 Å². The number of ether oxygens (including phenoxy) is 4. The standard InChI is InChI=1S/C24H26N2O7/c1-25(2)10-11-26-20(15-6-5-7-17(30-3)23(15)31-4)19(22(28)24(26)29)21(27)14-8-9-16-18(12-14)33-13-32-16/h5-9,12,20,27H,10-11,13H2,1-4H3/t20-/m0/s1. The zero-order valence-corrected chi connectivity index (χ0v) is 19.0. The number of rotatable bonds is 7. The lowest BCUT2D eigenvalue weighted by molar-refractivity contribution is -0.140. The number of carbonyl (C=O) groups is 2. The van der Waals surface area contributed by atoms with E-state index in [0.29, 0.717) is 40.7 Å². The van der Waals surface area contributed by atoms with Crippen molar-refractivity contribution in [1.29, 1.82) is 0 Å².